The van der Waals surface area contributed by atoms with E-state index in [1.54, 1.807) is 13.8 Å². The maximum absolute atomic E-state index is 12.4. The molecule has 122 valence electrons. The molecule has 0 aliphatic carbocycles. The zero-order chi connectivity index (χ0) is 17.1. The molecule has 1 aromatic heterocycles. The fourth-order valence-electron chi connectivity index (χ4n) is 2.67. The number of methoxy groups -OCH3 is 1. The Hall–Kier alpha value is -2.56. The van der Waals surface area contributed by atoms with Crippen LogP contribution in [0.4, 0.5) is 0 Å². The number of hydrogen-bond acceptors (Lipinski definition) is 4. The predicted octanol–water partition coefficient (Wildman–Crippen LogP) is 3.30. The topological polar surface area (TPSA) is 68.4 Å². The van der Waals surface area contributed by atoms with Crippen LogP contribution in [0.1, 0.15) is 43.2 Å². The molecule has 5 heteroatoms. The number of carbonyl (C=O) groups excluding carboxylic acids is 2. The Labute approximate surface area is 135 Å². The number of aromatic nitrogens is 1. The van der Waals surface area contributed by atoms with Crippen LogP contribution in [-0.2, 0) is 4.74 Å². The van der Waals surface area contributed by atoms with Crippen LogP contribution in [0.5, 0.6) is 5.75 Å². The van der Waals surface area contributed by atoms with E-state index in [1.807, 2.05) is 32.0 Å². The first-order valence-electron chi connectivity index (χ1n) is 7.35. The van der Waals surface area contributed by atoms with E-state index in [2.05, 4.69) is 4.98 Å². The second kappa shape index (κ2) is 6.69. The van der Waals surface area contributed by atoms with Crippen LogP contribution in [0.2, 0.25) is 0 Å². The maximum atomic E-state index is 12.4. The van der Waals surface area contributed by atoms with Crippen molar-refractivity contribution < 1.29 is 19.1 Å². The van der Waals surface area contributed by atoms with Gasteiger partial charge in [-0.1, -0.05) is 6.07 Å². The van der Waals surface area contributed by atoms with Crippen LogP contribution in [-0.4, -0.2) is 30.5 Å². The van der Waals surface area contributed by atoms with E-state index in [9.17, 15) is 9.59 Å². The Morgan fingerprint density at radius 1 is 1.04 bits per heavy atom. The number of Topliss-reactive ketones (excluding diaryl/α,β-unsaturated/α-hetero) is 1. The summed E-state index contributed by atoms with van der Waals surface area (Å²) in [6, 6.07) is 5.80. The number of ether oxygens (including phenoxy) is 2. The van der Waals surface area contributed by atoms with E-state index in [-0.39, 0.29) is 12.4 Å². The summed E-state index contributed by atoms with van der Waals surface area (Å²) >= 11 is 0. The molecular weight excluding hydrogens is 294 g/mol. The minimum atomic E-state index is -0.453. The zero-order valence-corrected chi connectivity index (χ0v) is 14.1. The first-order valence-corrected chi connectivity index (χ1v) is 7.35. The van der Waals surface area contributed by atoms with Gasteiger partial charge in [-0.3, -0.25) is 4.79 Å². The van der Waals surface area contributed by atoms with Crippen molar-refractivity contribution in [2.45, 2.75) is 27.7 Å². The lowest BCUT2D eigenvalue weighted by atomic mass is 10.1. The molecule has 1 heterocycles. The Morgan fingerprint density at radius 2 is 1.65 bits per heavy atom. The molecule has 1 N–H and O–H groups in total. The first-order chi connectivity index (χ1) is 10.8. The van der Waals surface area contributed by atoms with Crippen LogP contribution >= 0.6 is 0 Å². The van der Waals surface area contributed by atoms with Crippen molar-refractivity contribution in [2.75, 3.05) is 13.7 Å². The van der Waals surface area contributed by atoms with E-state index in [1.165, 1.54) is 7.11 Å². The highest BCUT2D eigenvalue weighted by molar-refractivity contribution is 6.02. The predicted molar refractivity (Wildman–Crippen MR) is 87.3 cm³/mol. The SMILES string of the molecule is COC(=O)c1c(C)[nH]c(C(=O)COc2cc(C)cc(C)c2)c1C. The minimum Gasteiger partial charge on any atom is -0.485 e. The van der Waals surface area contributed by atoms with Crippen molar-refractivity contribution in [3.63, 3.8) is 0 Å². The van der Waals surface area contributed by atoms with Gasteiger partial charge in [0, 0.05) is 5.69 Å². The molecule has 5 nitrogen and oxygen atoms in total. The molecule has 0 amide bonds. The van der Waals surface area contributed by atoms with Crippen molar-refractivity contribution in [1.29, 1.82) is 0 Å². The maximum Gasteiger partial charge on any atom is 0.339 e. The van der Waals surface area contributed by atoms with Gasteiger partial charge in [0.2, 0.25) is 5.78 Å². The standard InChI is InChI=1S/C18H21NO4/c1-10-6-11(2)8-14(7-10)23-9-15(20)17-12(3)16(13(4)19-17)18(21)22-5/h6-8,19H,9H2,1-5H3. The molecule has 0 aliphatic heterocycles. The molecule has 0 atom stereocenters. The number of H-pyrrole nitrogens is 1. The molecular formula is C18H21NO4. The molecule has 0 aliphatic rings. The van der Waals surface area contributed by atoms with Crippen molar-refractivity contribution in [3.8, 4) is 5.75 Å². The molecule has 23 heavy (non-hydrogen) atoms. The summed E-state index contributed by atoms with van der Waals surface area (Å²) < 4.78 is 10.3. The lowest BCUT2D eigenvalue weighted by Gasteiger charge is -2.07. The summed E-state index contributed by atoms with van der Waals surface area (Å²) in [4.78, 5) is 27.1. The van der Waals surface area contributed by atoms with E-state index in [0.717, 1.165) is 11.1 Å². The van der Waals surface area contributed by atoms with Gasteiger partial charge in [-0.05, 0) is 56.5 Å². The van der Waals surface area contributed by atoms with Crippen LogP contribution < -0.4 is 4.74 Å². The van der Waals surface area contributed by atoms with Crippen molar-refractivity contribution in [2.24, 2.45) is 0 Å². The van der Waals surface area contributed by atoms with Gasteiger partial charge in [0.1, 0.15) is 5.75 Å². The highest BCUT2D eigenvalue weighted by Gasteiger charge is 2.22. The van der Waals surface area contributed by atoms with Gasteiger partial charge in [0.15, 0.2) is 6.61 Å². The van der Waals surface area contributed by atoms with Crippen LogP contribution in [0.25, 0.3) is 0 Å². The Morgan fingerprint density at radius 3 is 2.22 bits per heavy atom. The van der Waals surface area contributed by atoms with Gasteiger partial charge in [-0.2, -0.15) is 0 Å². The van der Waals surface area contributed by atoms with Gasteiger partial charge < -0.3 is 14.5 Å². The van der Waals surface area contributed by atoms with Crippen LogP contribution in [0.15, 0.2) is 18.2 Å². The molecule has 0 saturated carbocycles. The fourth-order valence-corrected chi connectivity index (χ4v) is 2.67. The molecule has 1 aromatic carbocycles. The molecule has 0 radical (unpaired) electrons. The lowest BCUT2D eigenvalue weighted by molar-refractivity contribution is 0.0599. The monoisotopic (exact) mass is 315 g/mol. The highest BCUT2D eigenvalue weighted by Crippen LogP contribution is 2.20. The second-order valence-electron chi connectivity index (χ2n) is 5.65. The fraction of sp³-hybridized carbons (Fsp3) is 0.333. The third-order valence-corrected chi connectivity index (χ3v) is 3.67. The third-order valence-electron chi connectivity index (χ3n) is 3.67. The summed E-state index contributed by atoms with van der Waals surface area (Å²) in [5, 5.41) is 0. The van der Waals surface area contributed by atoms with Crippen molar-refractivity contribution in [3.05, 3.63) is 51.8 Å². The largest absolute Gasteiger partial charge is 0.485 e. The number of hydrogen-bond donors (Lipinski definition) is 1. The zero-order valence-electron chi connectivity index (χ0n) is 14.1. The summed E-state index contributed by atoms with van der Waals surface area (Å²) in [7, 11) is 1.32. The van der Waals surface area contributed by atoms with Gasteiger partial charge >= 0.3 is 5.97 Å². The number of esters is 1. The summed E-state index contributed by atoms with van der Waals surface area (Å²) in [6.07, 6.45) is 0. The number of nitrogens with one attached hydrogen (secondary N) is 1. The quantitative estimate of drug-likeness (QED) is 0.679. The number of aromatic amines is 1. The average molecular weight is 315 g/mol. The van der Waals surface area contributed by atoms with Gasteiger partial charge in [0.25, 0.3) is 0 Å². The van der Waals surface area contributed by atoms with Gasteiger partial charge in [-0.25, -0.2) is 4.79 Å². The van der Waals surface area contributed by atoms with Crippen LogP contribution in [0.3, 0.4) is 0 Å². The normalized spacial score (nSPS) is 10.5. The van der Waals surface area contributed by atoms with E-state index in [4.69, 9.17) is 9.47 Å². The number of ketones is 1. The Bertz CT molecular complexity index is 738. The number of aryl methyl sites for hydroxylation is 3. The van der Waals surface area contributed by atoms with E-state index >= 15 is 0 Å². The van der Waals surface area contributed by atoms with Gasteiger partial charge in [0.05, 0.1) is 18.4 Å². The van der Waals surface area contributed by atoms with E-state index < -0.39 is 5.97 Å². The molecule has 0 fully saturated rings. The second-order valence-corrected chi connectivity index (χ2v) is 5.65. The molecule has 2 aromatic rings. The number of carbonyl (C=O) groups is 2. The van der Waals surface area contributed by atoms with Crippen molar-refractivity contribution >= 4 is 11.8 Å². The van der Waals surface area contributed by atoms with Gasteiger partial charge in [-0.15, -0.1) is 0 Å². The summed E-state index contributed by atoms with van der Waals surface area (Å²) in [6.45, 7) is 7.32. The minimum absolute atomic E-state index is 0.0930. The molecule has 0 bridgehead atoms. The van der Waals surface area contributed by atoms with E-state index in [0.29, 0.717) is 28.3 Å². The first kappa shape index (κ1) is 16.8. The molecule has 2 rings (SSSR count). The molecule has 0 spiro atoms. The number of benzene rings is 1. The Kier molecular flexibility index (Phi) is 4.89. The summed E-state index contributed by atoms with van der Waals surface area (Å²) in [5.74, 6) is -0.00425. The highest BCUT2D eigenvalue weighted by atomic mass is 16.5. The van der Waals surface area contributed by atoms with Crippen molar-refractivity contribution in [1.82, 2.24) is 4.98 Å². The molecule has 0 saturated heterocycles. The smallest absolute Gasteiger partial charge is 0.339 e. The lowest BCUT2D eigenvalue weighted by Crippen LogP contribution is -2.13. The average Bonchev–Trinajstić information content (AvgIpc) is 2.78. The Balaban J connectivity index is 2.17. The van der Waals surface area contributed by atoms with Crippen LogP contribution in [0, 0.1) is 27.7 Å². The molecule has 0 unspecified atom stereocenters. The third kappa shape index (κ3) is 3.62. The number of rotatable bonds is 5. The summed E-state index contributed by atoms with van der Waals surface area (Å²) in [5.41, 5.74) is 4.14.